The summed E-state index contributed by atoms with van der Waals surface area (Å²) in [5.74, 6) is -1.44. The first-order valence-electron chi connectivity index (χ1n) is 13.0. The fourth-order valence-corrected chi connectivity index (χ4v) is 6.74. The molecule has 2 aliphatic heterocycles. The monoisotopic (exact) mass is 592 g/mol. The summed E-state index contributed by atoms with van der Waals surface area (Å²) in [5, 5.41) is 0.803. The molecule has 2 fully saturated rings. The van der Waals surface area contributed by atoms with Gasteiger partial charge >= 0.3 is 0 Å². The van der Waals surface area contributed by atoms with E-state index in [1.54, 1.807) is 4.90 Å². The largest absolute Gasteiger partial charge is 0.480 e. The number of carbonyl (C=O) groups is 1. The molecule has 2 saturated heterocycles. The molecule has 1 N–H and O–H groups in total. The van der Waals surface area contributed by atoms with E-state index in [9.17, 15) is 22.0 Å². The van der Waals surface area contributed by atoms with E-state index in [-0.39, 0.29) is 22.9 Å². The number of methoxy groups -OCH3 is 1. The Balaban J connectivity index is 1.31. The number of anilines is 2. The van der Waals surface area contributed by atoms with E-state index in [1.165, 1.54) is 31.8 Å². The molecule has 2 aliphatic rings. The quantitative estimate of drug-likeness (QED) is 0.320. The summed E-state index contributed by atoms with van der Waals surface area (Å²) < 4.78 is 61.1. The van der Waals surface area contributed by atoms with Crippen LogP contribution in [-0.2, 0) is 14.8 Å². The van der Waals surface area contributed by atoms with E-state index in [0.29, 0.717) is 30.3 Å². The summed E-state index contributed by atoms with van der Waals surface area (Å²) in [6, 6.07) is 9.32. The van der Waals surface area contributed by atoms with Gasteiger partial charge in [-0.15, -0.1) is 0 Å². The second-order valence-corrected chi connectivity index (χ2v) is 12.1. The van der Waals surface area contributed by atoms with Crippen molar-refractivity contribution in [2.45, 2.75) is 11.3 Å². The lowest BCUT2D eigenvalue weighted by Gasteiger charge is -2.47. The van der Waals surface area contributed by atoms with Gasteiger partial charge in [-0.2, -0.15) is 0 Å². The molecule has 1 spiro atoms. The van der Waals surface area contributed by atoms with E-state index < -0.39 is 26.6 Å². The van der Waals surface area contributed by atoms with Gasteiger partial charge in [0, 0.05) is 54.8 Å². The van der Waals surface area contributed by atoms with Crippen molar-refractivity contribution < 1.29 is 26.7 Å². The molecule has 216 valence electrons. The van der Waals surface area contributed by atoms with Crippen LogP contribution in [0.15, 0.2) is 72.5 Å². The minimum absolute atomic E-state index is 0.0174. The number of hydrogen-bond donors (Lipinski definition) is 1. The van der Waals surface area contributed by atoms with E-state index in [1.807, 2.05) is 18.2 Å². The molecule has 2 aromatic carbocycles. The summed E-state index contributed by atoms with van der Waals surface area (Å²) in [4.78, 5) is 28.5. The van der Waals surface area contributed by atoms with Crippen LogP contribution >= 0.6 is 0 Å². The zero-order valence-corrected chi connectivity index (χ0v) is 23.4. The van der Waals surface area contributed by atoms with Crippen LogP contribution in [0.5, 0.6) is 5.88 Å². The molecule has 1 amide bonds. The Bertz CT molecular complexity index is 1850. The lowest BCUT2D eigenvalue weighted by Crippen LogP contribution is -2.59. The van der Waals surface area contributed by atoms with Crippen molar-refractivity contribution in [2.24, 2.45) is 5.41 Å². The average Bonchev–Trinajstić information content (AvgIpc) is 3.41. The van der Waals surface area contributed by atoms with Crippen LogP contribution in [0.25, 0.3) is 22.0 Å². The Kier molecular flexibility index (Phi) is 6.76. The first-order chi connectivity index (χ1) is 20.1. The molecule has 2 aromatic heterocycles. The number of sulfonamides is 1. The zero-order valence-electron chi connectivity index (χ0n) is 22.5. The number of halogens is 2. The SMILES string of the molecule is C=CC(=O)N1CC2(CCN(c3ncnc4ccc(-c5cnc(OC)c(NS(=O)(=O)c6ccc(F)cc6F)c5)cc34)C2)C1. The van der Waals surface area contributed by atoms with Crippen LogP contribution in [0.3, 0.4) is 0 Å². The van der Waals surface area contributed by atoms with E-state index >= 15 is 0 Å². The van der Waals surface area contributed by atoms with Gasteiger partial charge in [-0.1, -0.05) is 12.6 Å². The summed E-state index contributed by atoms with van der Waals surface area (Å²) in [7, 11) is -3.10. The Morgan fingerprint density at radius 1 is 1.07 bits per heavy atom. The van der Waals surface area contributed by atoms with Crippen molar-refractivity contribution in [3.8, 4) is 17.0 Å². The van der Waals surface area contributed by atoms with Crippen molar-refractivity contribution in [1.29, 1.82) is 0 Å². The number of fused-ring (bicyclic) bond motifs is 1. The molecule has 0 saturated carbocycles. The normalized spacial score (nSPS) is 16.0. The molecule has 0 aliphatic carbocycles. The predicted octanol–water partition coefficient (Wildman–Crippen LogP) is 4.00. The maximum Gasteiger partial charge on any atom is 0.264 e. The fourth-order valence-electron chi connectivity index (χ4n) is 5.64. The first kappa shape index (κ1) is 27.5. The smallest absolute Gasteiger partial charge is 0.264 e. The fraction of sp³-hybridized carbons (Fsp3) is 0.241. The number of pyridine rings is 1. The Morgan fingerprint density at radius 3 is 2.62 bits per heavy atom. The maximum absolute atomic E-state index is 14.3. The highest BCUT2D eigenvalue weighted by Crippen LogP contribution is 2.42. The van der Waals surface area contributed by atoms with Crippen LogP contribution in [-0.4, -0.2) is 67.5 Å². The molecule has 42 heavy (non-hydrogen) atoms. The second kappa shape index (κ2) is 10.3. The molecule has 0 radical (unpaired) electrons. The van der Waals surface area contributed by atoms with Gasteiger partial charge < -0.3 is 14.5 Å². The van der Waals surface area contributed by atoms with Gasteiger partial charge in [-0.05, 0) is 48.4 Å². The first-order valence-corrected chi connectivity index (χ1v) is 14.5. The third-order valence-electron chi connectivity index (χ3n) is 7.70. The molecule has 10 nitrogen and oxygen atoms in total. The summed E-state index contributed by atoms with van der Waals surface area (Å²) in [6.07, 6.45) is 5.32. The number of carbonyl (C=O) groups excluding carboxylic acids is 1. The third-order valence-corrected chi connectivity index (χ3v) is 9.10. The van der Waals surface area contributed by atoms with Crippen molar-refractivity contribution in [1.82, 2.24) is 19.9 Å². The zero-order chi connectivity index (χ0) is 29.6. The van der Waals surface area contributed by atoms with Gasteiger partial charge in [0.2, 0.25) is 11.8 Å². The number of amides is 1. The molecule has 0 unspecified atom stereocenters. The van der Waals surface area contributed by atoms with Crippen LogP contribution in [0.4, 0.5) is 20.3 Å². The van der Waals surface area contributed by atoms with Crippen molar-refractivity contribution >= 4 is 38.3 Å². The highest BCUT2D eigenvalue weighted by atomic mass is 32.2. The maximum atomic E-state index is 14.3. The van der Waals surface area contributed by atoms with Crippen LogP contribution < -0.4 is 14.4 Å². The minimum Gasteiger partial charge on any atom is -0.480 e. The summed E-state index contributed by atoms with van der Waals surface area (Å²) in [6.45, 7) is 6.46. The highest BCUT2D eigenvalue weighted by molar-refractivity contribution is 7.92. The van der Waals surface area contributed by atoms with Crippen LogP contribution in [0, 0.1) is 17.0 Å². The highest BCUT2D eigenvalue weighted by Gasteiger charge is 2.49. The van der Waals surface area contributed by atoms with Crippen LogP contribution in [0.1, 0.15) is 6.42 Å². The number of benzene rings is 2. The molecular weight excluding hydrogens is 566 g/mol. The van der Waals surface area contributed by atoms with Gasteiger partial charge in [0.25, 0.3) is 10.0 Å². The van der Waals surface area contributed by atoms with Crippen LogP contribution in [0.2, 0.25) is 0 Å². The van der Waals surface area contributed by atoms with Gasteiger partial charge in [0.15, 0.2) is 0 Å². The number of nitrogens with zero attached hydrogens (tertiary/aromatic N) is 5. The Hall–Kier alpha value is -4.65. The van der Waals surface area contributed by atoms with E-state index in [4.69, 9.17) is 4.74 Å². The molecule has 6 rings (SSSR count). The number of nitrogens with one attached hydrogen (secondary N) is 1. The number of aromatic nitrogens is 3. The van der Waals surface area contributed by atoms with Crippen molar-refractivity contribution in [2.75, 3.05) is 42.9 Å². The Labute approximate surface area is 240 Å². The molecular formula is C29H26F2N6O4S. The number of rotatable bonds is 7. The summed E-state index contributed by atoms with van der Waals surface area (Å²) >= 11 is 0. The number of likely N-dealkylation sites (tertiary alicyclic amines) is 1. The topological polar surface area (TPSA) is 118 Å². The Morgan fingerprint density at radius 2 is 1.88 bits per heavy atom. The number of ether oxygens (including phenoxy) is 1. The molecule has 4 aromatic rings. The van der Waals surface area contributed by atoms with Crippen molar-refractivity contribution in [3.05, 3.63) is 79.3 Å². The lowest BCUT2D eigenvalue weighted by molar-refractivity contribution is -0.136. The molecule has 0 bridgehead atoms. The average molecular weight is 593 g/mol. The van der Waals surface area contributed by atoms with Gasteiger partial charge in [0.1, 0.15) is 34.4 Å². The second-order valence-electron chi connectivity index (χ2n) is 10.5. The standard InChI is InChI=1S/C29H26F2N6O4S/c1-3-26(38)37-15-29(16-37)8-9-36(14-29)27-21-10-18(4-6-23(21)33-17-34-27)19-11-24(28(41-2)32-13-19)35-42(39,40)25-7-5-20(30)12-22(25)31/h3-7,10-13,17,35H,1,8-9,14-16H2,2H3. The third kappa shape index (κ3) is 4.89. The van der Waals surface area contributed by atoms with Gasteiger partial charge in [-0.3, -0.25) is 9.52 Å². The van der Waals surface area contributed by atoms with Gasteiger partial charge in [-0.25, -0.2) is 32.2 Å². The molecule has 0 atom stereocenters. The van der Waals surface area contributed by atoms with Crippen molar-refractivity contribution in [3.63, 3.8) is 0 Å². The van der Waals surface area contributed by atoms with Gasteiger partial charge in [0.05, 0.1) is 12.6 Å². The van der Waals surface area contributed by atoms with E-state index in [0.717, 1.165) is 48.4 Å². The predicted molar refractivity (Wildman–Crippen MR) is 153 cm³/mol. The summed E-state index contributed by atoms with van der Waals surface area (Å²) in [5.41, 5.74) is 2.00. The molecule has 4 heterocycles. The minimum atomic E-state index is -4.43. The lowest BCUT2D eigenvalue weighted by atomic mass is 9.79. The number of hydrogen-bond acceptors (Lipinski definition) is 8. The van der Waals surface area contributed by atoms with E-state index in [2.05, 4.69) is 31.2 Å². The molecule has 13 heteroatoms.